The smallest absolute Gasteiger partial charge is 0.221 e. The summed E-state index contributed by atoms with van der Waals surface area (Å²) < 4.78 is 11.2. The van der Waals surface area contributed by atoms with E-state index in [2.05, 4.69) is 10.3 Å². The lowest BCUT2D eigenvalue weighted by Crippen LogP contribution is -2.20. The molecule has 18 heavy (non-hydrogen) atoms. The number of hydrogen-bond acceptors (Lipinski definition) is 4. The summed E-state index contributed by atoms with van der Waals surface area (Å²) in [7, 11) is 1.67. The maximum atomic E-state index is 5.96. The van der Waals surface area contributed by atoms with Gasteiger partial charge in [-0.1, -0.05) is 6.07 Å². The molecule has 0 amide bonds. The second kappa shape index (κ2) is 4.82. The van der Waals surface area contributed by atoms with Crippen LogP contribution in [0.15, 0.2) is 30.5 Å². The minimum absolute atomic E-state index is 0.217. The zero-order valence-electron chi connectivity index (χ0n) is 10.3. The Bertz CT molecular complexity index is 550. The Morgan fingerprint density at radius 1 is 1.33 bits per heavy atom. The van der Waals surface area contributed by atoms with Gasteiger partial charge in [0.2, 0.25) is 5.88 Å². The van der Waals surface area contributed by atoms with Gasteiger partial charge >= 0.3 is 0 Å². The van der Waals surface area contributed by atoms with Crippen LogP contribution in [0.25, 0.3) is 10.8 Å². The van der Waals surface area contributed by atoms with Crippen molar-refractivity contribution in [3.8, 4) is 11.6 Å². The molecular formula is C14H16N2O2. The van der Waals surface area contributed by atoms with E-state index in [-0.39, 0.29) is 6.10 Å². The topological polar surface area (TPSA) is 43.4 Å². The van der Waals surface area contributed by atoms with Crippen LogP contribution in [0.2, 0.25) is 0 Å². The highest BCUT2D eigenvalue weighted by Gasteiger charge is 2.17. The Balaban J connectivity index is 1.98. The standard InChI is InChI=1S/C14H16N2O2/c1-17-11-3-2-10-4-7-16-14(13(10)8-11)18-12-5-6-15-9-12/h2-4,7-8,12,15H,5-6,9H2,1H3. The maximum Gasteiger partial charge on any atom is 0.221 e. The van der Waals surface area contributed by atoms with E-state index < -0.39 is 0 Å². The van der Waals surface area contributed by atoms with Crippen LogP contribution in [0, 0.1) is 0 Å². The SMILES string of the molecule is COc1ccc2ccnc(OC3CCNC3)c2c1. The van der Waals surface area contributed by atoms with Gasteiger partial charge in [0.25, 0.3) is 0 Å². The van der Waals surface area contributed by atoms with Crippen molar-refractivity contribution in [3.63, 3.8) is 0 Å². The number of pyridine rings is 1. The molecule has 1 unspecified atom stereocenters. The molecule has 4 heteroatoms. The van der Waals surface area contributed by atoms with Crippen molar-refractivity contribution in [2.24, 2.45) is 0 Å². The van der Waals surface area contributed by atoms with Crippen molar-refractivity contribution in [2.75, 3.05) is 20.2 Å². The molecule has 1 aromatic carbocycles. The third-order valence-corrected chi connectivity index (χ3v) is 3.23. The van der Waals surface area contributed by atoms with Gasteiger partial charge in [-0.05, 0) is 36.6 Å². The molecule has 1 atom stereocenters. The van der Waals surface area contributed by atoms with E-state index in [1.54, 1.807) is 13.3 Å². The van der Waals surface area contributed by atoms with Gasteiger partial charge in [-0.3, -0.25) is 0 Å². The number of hydrogen-bond donors (Lipinski definition) is 1. The van der Waals surface area contributed by atoms with Gasteiger partial charge in [0.15, 0.2) is 0 Å². The van der Waals surface area contributed by atoms with Crippen LogP contribution in [-0.2, 0) is 0 Å². The fourth-order valence-electron chi connectivity index (χ4n) is 2.23. The lowest BCUT2D eigenvalue weighted by Gasteiger charge is -2.13. The van der Waals surface area contributed by atoms with E-state index in [1.807, 2.05) is 24.3 Å². The summed E-state index contributed by atoms with van der Waals surface area (Å²) in [5, 5.41) is 5.41. The zero-order valence-corrected chi connectivity index (χ0v) is 10.3. The Kier molecular flexibility index (Phi) is 3.02. The fraction of sp³-hybridized carbons (Fsp3) is 0.357. The molecule has 0 radical (unpaired) electrons. The summed E-state index contributed by atoms with van der Waals surface area (Å²) >= 11 is 0. The molecule has 0 aliphatic carbocycles. The lowest BCUT2D eigenvalue weighted by atomic mass is 10.1. The summed E-state index contributed by atoms with van der Waals surface area (Å²) in [5.41, 5.74) is 0. The molecule has 4 nitrogen and oxygen atoms in total. The normalized spacial score (nSPS) is 19.1. The van der Waals surface area contributed by atoms with Crippen LogP contribution in [0.5, 0.6) is 11.6 Å². The first kappa shape index (κ1) is 11.3. The highest BCUT2D eigenvalue weighted by Crippen LogP contribution is 2.28. The molecule has 1 N–H and O–H groups in total. The number of benzene rings is 1. The van der Waals surface area contributed by atoms with Crippen molar-refractivity contribution < 1.29 is 9.47 Å². The molecule has 0 bridgehead atoms. The summed E-state index contributed by atoms with van der Waals surface area (Å²) in [5.74, 6) is 1.52. The average molecular weight is 244 g/mol. The summed E-state index contributed by atoms with van der Waals surface area (Å²) in [4.78, 5) is 4.34. The van der Waals surface area contributed by atoms with Crippen LogP contribution in [0.3, 0.4) is 0 Å². The number of rotatable bonds is 3. The van der Waals surface area contributed by atoms with Gasteiger partial charge in [0, 0.05) is 18.1 Å². The van der Waals surface area contributed by atoms with Crippen LogP contribution in [0.1, 0.15) is 6.42 Å². The summed E-state index contributed by atoms with van der Waals surface area (Å²) in [6, 6.07) is 7.92. The van der Waals surface area contributed by atoms with Gasteiger partial charge in [-0.15, -0.1) is 0 Å². The Labute approximate surface area is 106 Å². The number of fused-ring (bicyclic) bond motifs is 1. The Hall–Kier alpha value is -1.81. The largest absolute Gasteiger partial charge is 0.497 e. The van der Waals surface area contributed by atoms with Gasteiger partial charge in [-0.25, -0.2) is 4.98 Å². The van der Waals surface area contributed by atoms with Gasteiger partial charge < -0.3 is 14.8 Å². The van der Waals surface area contributed by atoms with Crippen LogP contribution >= 0.6 is 0 Å². The maximum absolute atomic E-state index is 5.96. The number of aromatic nitrogens is 1. The zero-order chi connectivity index (χ0) is 12.4. The van der Waals surface area contributed by atoms with Crippen molar-refractivity contribution in [1.82, 2.24) is 10.3 Å². The minimum atomic E-state index is 0.217. The van der Waals surface area contributed by atoms with E-state index in [9.17, 15) is 0 Å². The number of methoxy groups -OCH3 is 1. The van der Waals surface area contributed by atoms with Gasteiger partial charge in [0.1, 0.15) is 11.9 Å². The highest BCUT2D eigenvalue weighted by atomic mass is 16.5. The summed E-state index contributed by atoms with van der Waals surface area (Å²) in [6.07, 6.45) is 3.03. The van der Waals surface area contributed by atoms with E-state index in [1.165, 1.54) is 0 Å². The number of nitrogens with zero attached hydrogens (tertiary/aromatic N) is 1. The van der Waals surface area contributed by atoms with Crippen LogP contribution in [0.4, 0.5) is 0 Å². The number of nitrogens with one attached hydrogen (secondary N) is 1. The van der Waals surface area contributed by atoms with Crippen molar-refractivity contribution in [3.05, 3.63) is 30.5 Å². The fourth-order valence-corrected chi connectivity index (χ4v) is 2.23. The van der Waals surface area contributed by atoms with Crippen molar-refractivity contribution >= 4 is 10.8 Å². The quantitative estimate of drug-likeness (QED) is 0.896. The first-order valence-electron chi connectivity index (χ1n) is 6.17. The molecule has 94 valence electrons. The molecular weight excluding hydrogens is 228 g/mol. The molecule has 2 heterocycles. The molecule has 1 aliphatic rings. The highest BCUT2D eigenvalue weighted by molar-refractivity contribution is 5.87. The van der Waals surface area contributed by atoms with Gasteiger partial charge in [0.05, 0.1) is 7.11 Å². The second-order valence-corrected chi connectivity index (χ2v) is 4.44. The van der Waals surface area contributed by atoms with E-state index in [0.29, 0.717) is 5.88 Å². The predicted octanol–water partition coefficient (Wildman–Crippen LogP) is 1.98. The van der Waals surface area contributed by atoms with E-state index in [0.717, 1.165) is 36.0 Å². The Morgan fingerprint density at radius 2 is 2.28 bits per heavy atom. The summed E-state index contributed by atoms with van der Waals surface area (Å²) in [6.45, 7) is 1.90. The molecule has 1 aliphatic heterocycles. The van der Waals surface area contributed by atoms with Crippen molar-refractivity contribution in [1.29, 1.82) is 0 Å². The Morgan fingerprint density at radius 3 is 3.06 bits per heavy atom. The third kappa shape index (κ3) is 2.11. The first-order chi connectivity index (χ1) is 8.86. The molecule has 1 fully saturated rings. The average Bonchev–Trinajstić information content (AvgIpc) is 2.91. The molecule has 1 saturated heterocycles. The van der Waals surface area contributed by atoms with E-state index in [4.69, 9.17) is 9.47 Å². The van der Waals surface area contributed by atoms with Crippen LogP contribution < -0.4 is 14.8 Å². The molecule has 3 rings (SSSR count). The van der Waals surface area contributed by atoms with Crippen LogP contribution in [-0.4, -0.2) is 31.3 Å². The third-order valence-electron chi connectivity index (χ3n) is 3.23. The molecule has 0 spiro atoms. The lowest BCUT2D eigenvalue weighted by molar-refractivity contribution is 0.217. The predicted molar refractivity (Wildman–Crippen MR) is 70.2 cm³/mol. The van der Waals surface area contributed by atoms with Crippen molar-refractivity contribution in [2.45, 2.75) is 12.5 Å². The molecule has 2 aromatic rings. The first-order valence-corrected chi connectivity index (χ1v) is 6.17. The van der Waals surface area contributed by atoms with E-state index >= 15 is 0 Å². The minimum Gasteiger partial charge on any atom is -0.497 e. The molecule has 0 saturated carbocycles. The second-order valence-electron chi connectivity index (χ2n) is 4.44. The molecule has 1 aromatic heterocycles. The van der Waals surface area contributed by atoms with Gasteiger partial charge in [-0.2, -0.15) is 0 Å². The monoisotopic (exact) mass is 244 g/mol. The number of ether oxygens (including phenoxy) is 2.